The van der Waals surface area contributed by atoms with Crippen molar-refractivity contribution < 1.29 is 4.39 Å². The van der Waals surface area contributed by atoms with Gasteiger partial charge >= 0.3 is 0 Å². The highest BCUT2D eigenvalue weighted by Crippen LogP contribution is 2.23. The molecule has 0 radical (unpaired) electrons. The number of benzene rings is 2. The van der Waals surface area contributed by atoms with Gasteiger partial charge in [-0.1, -0.05) is 17.7 Å². The summed E-state index contributed by atoms with van der Waals surface area (Å²) < 4.78 is 13.2. The molecule has 0 atom stereocenters. The minimum atomic E-state index is -0.183. The Balaban J connectivity index is 1.81. The minimum Gasteiger partial charge on any atom is -0.381 e. The lowest BCUT2D eigenvalue weighted by Gasteiger charge is -2.07. The summed E-state index contributed by atoms with van der Waals surface area (Å²) in [5.41, 5.74) is 3.72. The van der Waals surface area contributed by atoms with Gasteiger partial charge in [0.1, 0.15) is 5.82 Å². The van der Waals surface area contributed by atoms with Crippen molar-refractivity contribution >= 4 is 28.2 Å². The Morgan fingerprint density at radius 1 is 1.20 bits per heavy atom. The average molecular weight is 289 g/mol. The van der Waals surface area contributed by atoms with Crippen LogP contribution in [0, 0.1) is 12.7 Å². The molecule has 102 valence electrons. The lowest BCUT2D eigenvalue weighted by atomic mass is 10.1. The molecule has 3 rings (SSSR count). The zero-order chi connectivity index (χ0) is 14.1. The van der Waals surface area contributed by atoms with E-state index in [1.165, 1.54) is 6.07 Å². The summed E-state index contributed by atoms with van der Waals surface area (Å²) >= 11 is 5.96. The van der Waals surface area contributed by atoms with Gasteiger partial charge in [-0.05, 0) is 48.4 Å². The molecule has 0 aliphatic heterocycles. The number of aryl methyl sites for hydroxylation is 1. The second kappa shape index (κ2) is 5.17. The summed E-state index contributed by atoms with van der Waals surface area (Å²) in [7, 11) is 0. The Kier molecular flexibility index (Phi) is 3.36. The standard InChI is InChI=1S/C16H14ClFN2/c1-10-6-13(3-5-15(10)18)19-8-11-9-20-16-7-12(17)2-4-14(11)16/h2-7,9,19-20H,8H2,1H3. The van der Waals surface area contributed by atoms with E-state index < -0.39 is 0 Å². The molecule has 0 saturated heterocycles. The van der Waals surface area contributed by atoms with Gasteiger partial charge in [0.05, 0.1) is 0 Å². The van der Waals surface area contributed by atoms with Crippen molar-refractivity contribution in [1.82, 2.24) is 4.98 Å². The fraction of sp³-hybridized carbons (Fsp3) is 0.125. The quantitative estimate of drug-likeness (QED) is 0.706. The number of anilines is 1. The van der Waals surface area contributed by atoms with Crippen molar-refractivity contribution in [3.05, 3.63) is 64.6 Å². The van der Waals surface area contributed by atoms with E-state index in [-0.39, 0.29) is 5.82 Å². The van der Waals surface area contributed by atoms with Crippen LogP contribution in [0.25, 0.3) is 10.9 Å². The Bertz CT molecular complexity index is 764. The van der Waals surface area contributed by atoms with Gasteiger partial charge in [0.15, 0.2) is 0 Å². The molecule has 4 heteroatoms. The molecule has 0 fully saturated rings. The van der Waals surface area contributed by atoms with Gasteiger partial charge in [0.2, 0.25) is 0 Å². The molecule has 1 aromatic heterocycles. The largest absolute Gasteiger partial charge is 0.381 e. The summed E-state index contributed by atoms with van der Waals surface area (Å²) in [4.78, 5) is 3.20. The zero-order valence-electron chi connectivity index (χ0n) is 11.0. The van der Waals surface area contributed by atoms with Crippen LogP contribution in [0.1, 0.15) is 11.1 Å². The molecule has 0 aliphatic rings. The molecule has 20 heavy (non-hydrogen) atoms. The van der Waals surface area contributed by atoms with E-state index in [1.807, 2.05) is 24.4 Å². The molecule has 0 amide bonds. The number of nitrogens with one attached hydrogen (secondary N) is 2. The first kappa shape index (κ1) is 13.0. The first-order chi connectivity index (χ1) is 9.63. The van der Waals surface area contributed by atoms with Crippen molar-refractivity contribution in [2.45, 2.75) is 13.5 Å². The second-order valence-electron chi connectivity index (χ2n) is 4.82. The Labute approximate surface area is 121 Å². The normalized spacial score (nSPS) is 10.9. The highest BCUT2D eigenvalue weighted by molar-refractivity contribution is 6.31. The number of fused-ring (bicyclic) bond motifs is 1. The molecule has 0 spiro atoms. The monoisotopic (exact) mass is 288 g/mol. The summed E-state index contributed by atoms with van der Waals surface area (Å²) in [6, 6.07) is 10.8. The second-order valence-corrected chi connectivity index (χ2v) is 5.26. The number of hydrogen-bond acceptors (Lipinski definition) is 1. The van der Waals surface area contributed by atoms with E-state index in [9.17, 15) is 4.39 Å². The van der Waals surface area contributed by atoms with Crippen LogP contribution in [0.3, 0.4) is 0 Å². The van der Waals surface area contributed by atoms with Crippen LogP contribution in [0.2, 0.25) is 5.02 Å². The third-order valence-electron chi connectivity index (χ3n) is 3.37. The number of halogens is 2. The van der Waals surface area contributed by atoms with Crippen LogP contribution in [0.4, 0.5) is 10.1 Å². The molecular weight excluding hydrogens is 275 g/mol. The van der Waals surface area contributed by atoms with Gasteiger partial charge in [0, 0.05) is 34.4 Å². The van der Waals surface area contributed by atoms with E-state index in [4.69, 9.17) is 11.6 Å². The number of aromatic nitrogens is 1. The lowest BCUT2D eigenvalue weighted by Crippen LogP contribution is -1.99. The summed E-state index contributed by atoms with van der Waals surface area (Å²) in [5, 5.41) is 5.16. The lowest BCUT2D eigenvalue weighted by molar-refractivity contribution is 0.618. The first-order valence-corrected chi connectivity index (χ1v) is 6.77. The van der Waals surface area contributed by atoms with Crippen molar-refractivity contribution in [2.75, 3.05) is 5.32 Å². The minimum absolute atomic E-state index is 0.183. The third-order valence-corrected chi connectivity index (χ3v) is 3.61. The topological polar surface area (TPSA) is 27.8 Å². The summed E-state index contributed by atoms with van der Waals surface area (Å²) in [6.07, 6.45) is 1.96. The maximum Gasteiger partial charge on any atom is 0.126 e. The maximum atomic E-state index is 13.2. The molecule has 3 aromatic rings. The number of hydrogen-bond donors (Lipinski definition) is 2. The first-order valence-electron chi connectivity index (χ1n) is 6.39. The van der Waals surface area contributed by atoms with E-state index in [0.717, 1.165) is 22.2 Å². The van der Waals surface area contributed by atoms with Crippen molar-refractivity contribution in [2.24, 2.45) is 0 Å². The van der Waals surface area contributed by atoms with Crippen molar-refractivity contribution in [3.63, 3.8) is 0 Å². The third kappa shape index (κ3) is 2.49. The summed E-state index contributed by atoms with van der Waals surface area (Å²) in [5.74, 6) is -0.183. The predicted octanol–water partition coefficient (Wildman–Crippen LogP) is 4.88. The highest BCUT2D eigenvalue weighted by atomic mass is 35.5. The average Bonchev–Trinajstić information content (AvgIpc) is 2.82. The molecule has 0 aliphatic carbocycles. The molecule has 2 aromatic carbocycles. The molecule has 2 N–H and O–H groups in total. The fourth-order valence-corrected chi connectivity index (χ4v) is 2.43. The fourth-order valence-electron chi connectivity index (χ4n) is 2.26. The molecule has 0 unspecified atom stereocenters. The van der Waals surface area contributed by atoms with Crippen molar-refractivity contribution in [3.8, 4) is 0 Å². The van der Waals surface area contributed by atoms with Crippen LogP contribution in [-0.2, 0) is 6.54 Å². The van der Waals surface area contributed by atoms with E-state index in [0.29, 0.717) is 17.1 Å². The highest BCUT2D eigenvalue weighted by Gasteiger charge is 2.04. The Hall–Kier alpha value is -2.00. The van der Waals surface area contributed by atoms with Gasteiger partial charge in [0.25, 0.3) is 0 Å². The zero-order valence-corrected chi connectivity index (χ0v) is 11.8. The SMILES string of the molecule is Cc1cc(NCc2c[nH]c3cc(Cl)ccc23)ccc1F. The van der Waals surface area contributed by atoms with Gasteiger partial charge in [-0.15, -0.1) is 0 Å². The van der Waals surface area contributed by atoms with Crippen molar-refractivity contribution in [1.29, 1.82) is 0 Å². The van der Waals surface area contributed by atoms with Gasteiger partial charge in [-0.25, -0.2) is 4.39 Å². The Morgan fingerprint density at radius 2 is 2.05 bits per heavy atom. The van der Waals surface area contributed by atoms with Crippen LogP contribution < -0.4 is 5.32 Å². The van der Waals surface area contributed by atoms with Crippen LogP contribution >= 0.6 is 11.6 Å². The molecule has 0 saturated carbocycles. The van der Waals surface area contributed by atoms with E-state index in [2.05, 4.69) is 10.3 Å². The molecule has 2 nitrogen and oxygen atoms in total. The predicted molar refractivity (Wildman–Crippen MR) is 81.8 cm³/mol. The number of aromatic amines is 1. The molecule has 0 bridgehead atoms. The number of rotatable bonds is 3. The van der Waals surface area contributed by atoms with Gasteiger partial charge in [-0.2, -0.15) is 0 Å². The van der Waals surface area contributed by atoms with Gasteiger partial charge < -0.3 is 10.3 Å². The van der Waals surface area contributed by atoms with E-state index in [1.54, 1.807) is 19.1 Å². The summed E-state index contributed by atoms with van der Waals surface area (Å²) in [6.45, 7) is 2.43. The number of H-pyrrole nitrogens is 1. The molecule has 1 heterocycles. The van der Waals surface area contributed by atoms with Gasteiger partial charge in [-0.3, -0.25) is 0 Å². The van der Waals surface area contributed by atoms with Crippen LogP contribution in [-0.4, -0.2) is 4.98 Å². The molecular formula is C16H14ClFN2. The smallest absolute Gasteiger partial charge is 0.126 e. The maximum absolute atomic E-state index is 13.2. The Morgan fingerprint density at radius 3 is 2.85 bits per heavy atom. The van der Waals surface area contributed by atoms with Crippen LogP contribution in [0.15, 0.2) is 42.6 Å². The van der Waals surface area contributed by atoms with Crippen LogP contribution in [0.5, 0.6) is 0 Å². The van der Waals surface area contributed by atoms with E-state index >= 15 is 0 Å².